The van der Waals surface area contributed by atoms with Crippen LogP contribution in [0.5, 0.6) is 0 Å². The van der Waals surface area contributed by atoms with Crippen LogP contribution in [0.1, 0.15) is 23.6 Å². The molecule has 0 saturated carbocycles. The van der Waals surface area contributed by atoms with Crippen molar-refractivity contribution in [1.29, 1.82) is 0 Å². The van der Waals surface area contributed by atoms with E-state index in [1.54, 1.807) is 0 Å². The lowest BCUT2D eigenvalue weighted by atomic mass is 10.0. The first-order valence-corrected chi connectivity index (χ1v) is 7.18. The number of nitrogens with one attached hydrogen (secondary N) is 2. The van der Waals surface area contributed by atoms with Crippen molar-refractivity contribution >= 4 is 27.9 Å². The van der Waals surface area contributed by atoms with Gasteiger partial charge in [-0.1, -0.05) is 22.0 Å². The number of urea groups is 1. The van der Waals surface area contributed by atoms with Gasteiger partial charge in [-0.25, -0.2) is 4.79 Å². The number of hydrogen-bond donors (Lipinski definition) is 4. The number of aliphatic hydroxyl groups excluding tert-OH is 1. The zero-order valence-electron chi connectivity index (χ0n) is 11.7. The first kappa shape index (κ1) is 19.2. The van der Waals surface area contributed by atoms with Gasteiger partial charge in [-0.05, 0) is 17.7 Å². The van der Waals surface area contributed by atoms with Crippen molar-refractivity contribution in [3.63, 3.8) is 0 Å². The Balaban J connectivity index is 2.90. The summed E-state index contributed by atoms with van der Waals surface area (Å²) < 4.78 is 39.4. The zero-order chi connectivity index (χ0) is 17.6. The minimum Gasteiger partial charge on any atom is -0.481 e. The molecule has 6 nitrogen and oxygen atoms in total. The molecule has 0 bridgehead atoms. The summed E-state index contributed by atoms with van der Waals surface area (Å²) in [6.45, 7) is -0.942. The first-order valence-electron chi connectivity index (χ1n) is 6.38. The van der Waals surface area contributed by atoms with Crippen molar-refractivity contribution in [2.24, 2.45) is 0 Å². The third-order valence-corrected chi connectivity index (χ3v) is 3.30. The number of halogens is 4. The molecule has 128 valence electrons. The molecule has 0 aliphatic carbocycles. The van der Waals surface area contributed by atoms with Gasteiger partial charge in [0.15, 0.2) is 0 Å². The summed E-state index contributed by atoms with van der Waals surface area (Å²) in [6.07, 6.45) is -4.99. The fraction of sp³-hybridized carbons (Fsp3) is 0.385. The van der Waals surface area contributed by atoms with E-state index in [-0.39, 0.29) is 23.0 Å². The predicted molar refractivity (Wildman–Crippen MR) is 77.8 cm³/mol. The van der Waals surface area contributed by atoms with Crippen molar-refractivity contribution in [3.8, 4) is 0 Å². The van der Waals surface area contributed by atoms with E-state index in [4.69, 9.17) is 5.11 Å². The number of amides is 2. The highest BCUT2D eigenvalue weighted by molar-refractivity contribution is 9.10. The van der Waals surface area contributed by atoms with Gasteiger partial charge in [-0.2, -0.15) is 13.2 Å². The number of alkyl halides is 3. The highest BCUT2D eigenvalue weighted by Gasteiger charge is 2.35. The summed E-state index contributed by atoms with van der Waals surface area (Å²) in [7, 11) is 0. The van der Waals surface area contributed by atoms with Crippen molar-refractivity contribution in [2.75, 3.05) is 13.2 Å². The largest absolute Gasteiger partial charge is 0.481 e. The summed E-state index contributed by atoms with van der Waals surface area (Å²) in [5, 5.41) is 22.1. The van der Waals surface area contributed by atoms with E-state index in [9.17, 15) is 27.9 Å². The van der Waals surface area contributed by atoms with Crippen molar-refractivity contribution in [1.82, 2.24) is 10.6 Å². The van der Waals surface area contributed by atoms with Crippen LogP contribution in [0.15, 0.2) is 22.7 Å². The molecule has 1 rings (SSSR count). The highest BCUT2D eigenvalue weighted by atomic mass is 79.9. The molecule has 10 heteroatoms. The minimum absolute atomic E-state index is 0.189. The number of carbonyl (C=O) groups is 2. The Morgan fingerprint density at radius 3 is 2.48 bits per heavy atom. The molecule has 0 fully saturated rings. The number of aliphatic carboxylic acids is 1. The van der Waals surface area contributed by atoms with Crippen LogP contribution in [0.25, 0.3) is 0 Å². The average molecular weight is 399 g/mol. The molecule has 0 heterocycles. The monoisotopic (exact) mass is 398 g/mol. The Kier molecular flexibility index (Phi) is 6.82. The summed E-state index contributed by atoms with van der Waals surface area (Å²) in [4.78, 5) is 21.9. The molecule has 0 radical (unpaired) electrons. The molecule has 4 N–H and O–H groups in total. The predicted octanol–water partition coefficient (Wildman–Crippen LogP) is 2.28. The lowest BCUT2D eigenvalue weighted by Gasteiger charge is -2.21. The fourth-order valence-electron chi connectivity index (χ4n) is 1.79. The van der Waals surface area contributed by atoms with Gasteiger partial charge >= 0.3 is 18.2 Å². The normalized spacial score (nSPS) is 12.6. The minimum atomic E-state index is -4.66. The Morgan fingerprint density at radius 1 is 1.30 bits per heavy atom. The van der Waals surface area contributed by atoms with E-state index in [0.29, 0.717) is 0 Å². The van der Waals surface area contributed by atoms with E-state index >= 15 is 0 Å². The molecular weight excluding hydrogens is 385 g/mol. The van der Waals surface area contributed by atoms with Crippen molar-refractivity contribution in [3.05, 3.63) is 33.8 Å². The SMILES string of the molecule is O=C(O)CCNC(=O)NC(CO)c1ccc(Br)cc1C(F)(F)F. The maximum atomic E-state index is 13.1. The van der Waals surface area contributed by atoms with Gasteiger partial charge in [0.25, 0.3) is 0 Å². The number of benzene rings is 1. The lowest BCUT2D eigenvalue weighted by molar-refractivity contribution is -0.139. The second kappa shape index (κ2) is 8.16. The van der Waals surface area contributed by atoms with Crippen LogP contribution in [0.4, 0.5) is 18.0 Å². The van der Waals surface area contributed by atoms with E-state index in [1.165, 1.54) is 6.07 Å². The Labute approximate surface area is 137 Å². The molecule has 0 aliphatic heterocycles. The first-order chi connectivity index (χ1) is 10.6. The number of carboxylic acid groups (broad SMARTS) is 1. The topological polar surface area (TPSA) is 98.7 Å². The smallest absolute Gasteiger partial charge is 0.416 e. The van der Waals surface area contributed by atoms with Gasteiger partial charge in [0, 0.05) is 11.0 Å². The number of carboxylic acids is 1. The van der Waals surface area contributed by atoms with Crippen LogP contribution in [-0.2, 0) is 11.0 Å². The molecule has 1 unspecified atom stereocenters. The summed E-state index contributed by atoms with van der Waals surface area (Å²) in [5.74, 6) is -1.13. The summed E-state index contributed by atoms with van der Waals surface area (Å²) in [6, 6.07) is 1.19. The highest BCUT2D eigenvalue weighted by Crippen LogP contribution is 2.36. The van der Waals surface area contributed by atoms with E-state index in [0.717, 1.165) is 12.1 Å². The maximum Gasteiger partial charge on any atom is 0.416 e. The molecule has 0 saturated heterocycles. The van der Waals surface area contributed by atoms with E-state index < -0.39 is 36.4 Å². The molecule has 23 heavy (non-hydrogen) atoms. The third-order valence-electron chi connectivity index (χ3n) is 2.81. The Morgan fingerprint density at radius 2 is 1.96 bits per heavy atom. The number of hydrogen-bond acceptors (Lipinski definition) is 3. The standard InChI is InChI=1S/C13H14BrF3N2O4/c14-7-1-2-8(9(5-7)13(15,16)17)10(6-20)19-12(23)18-4-3-11(21)22/h1-2,5,10,20H,3-4,6H2,(H,21,22)(H2,18,19,23). The quantitative estimate of drug-likeness (QED) is 0.590. The second-order valence-electron chi connectivity index (χ2n) is 4.51. The van der Waals surface area contributed by atoms with E-state index in [1.807, 2.05) is 0 Å². The van der Waals surface area contributed by atoms with Gasteiger partial charge < -0.3 is 20.8 Å². The van der Waals surface area contributed by atoms with E-state index in [2.05, 4.69) is 26.6 Å². The molecule has 0 spiro atoms. The molecule has 2 amide bonds. The molecule has 1 atom stereocenters. The molecule has 1 aromatic rings. The molecule has 1 aromatic carbocycles. The van der Waals surface area contributed by atoms with Crippen LogP contribution in [0, 0.1) is 0 Å². The summed E-state index contributed by atoms with van der Waals surface area (Å²) >= 11 is 2.94. The zero-order valence-corrected chi connectivity index (χ0v) is 13.2. The molecule has 0 aliphatic rings. The number of aliphatic hydroxyl groups is 1. The number of rotatable bonds is 6. The van der Waals surface area contributed by atoms with Gasteiger partial charge in [0.05, 0.1) is 24.6 Å². The Bertz CT molecular complexity index is 581. The molecule has 0 aromatic heterocycles. The van der Waals surface area contributed by atoms with Gasteiger partial charge in [0.1, 0.15) is 0 Å². The Hall–Kier alpha value is -1.81. The maximum absolute atomic E-state index is 13.1. The van der Waals surface area contributed by atoms with Crippen molar-refractivity contribution < 1.29 is 33.0 Å². The third kappa shape index (κ3) is 6.06. The van der Waals surface area contributed by atoms with Crippen LogP contribution in [0.3, 0.4) is 0 Å². The molecular formula is C13H14BrF3N2O4. The van der Waals surface area contributed by atoms with Crippen LogP contribution < -0.4 is 10.6 Å². The van der Waals surface area contributed by atoms with Crippen LogP contribution in [0.2, 0.25) is 0 Å². The lowest BCUT2D eigenvalue weighted by Crippen LogP contribution is -2.40. The second-order valence-corrected chi connectivity index (χ2v) is 5.42. The summed E-state index contributed by atoms with van der Waals surface area (Å²) in [5.41, 5.74) is -1.28. The van der Waals surface area contributed by atoms with Crippen LogP contribution >= 0.6 is 15.9 Å². The average Bonchev–Trinajstić information content (AvgIpc) is 2.43. The van der Waals surface area contributed by atoms with Crippen molar-refractivity contribution in [2.45, 2.75) is 18.6 Å². The van der Waals surface area contributed by atoms with Gasteiger partial charge in [-0.3, -0.25) is 4.79 Å². The number of carbonyl (C=O) groups excluding carboxylic acids is 1. The van der Waals surface area contributed by atoms with Gasteiger partial charge in [-0.15, -0.1) is 0 Å². The fourth-order valence-corrected chi connectivity index (χ4v) is 2.15. The van der Waals surface area contributed by atoms with Gasteiger partial charge in [0.2, 0.25) is 0 Å². The van der Waals surface area contributed by atoms with Crippen LogP contribution in [-0.4, -0.2) is 35.4 Å².